The number of rotatable bonds is 0. The SMILES string of the molecule is Cc1cc2cc(C#N)c(=O)[nH]c2cc1Cl. The molecule has 0 saturated carbocycles. The van der Waals surface area contributed by atoms with Gasteiger partial charge < -0.3 is 4.98 Å². The number of aryl methyl sites for hydroxylation is 1. The number of nitriles is 1. The van der Waals surface area contributed by atoms with E-state index in [1.165, 1.54) is 0 Å². The molecular weight excluding hydrogens is 212 g/mol. The number of H-pyrrole nitrogens is 1. The number of hydrogen-bond acceptors (Lipinski definition) is 2. The van der Waals surface area contributed by atoms with Crippen LogP contribution in [-0.4, -0.2) is 4.98 Å². The third-order valence-electron chi connectivity index (χ3n) is 2.24. The van der Waals surface area contributed by atoms with E-state index >= 15 is 0 Å². The van der Waals surface area contributed by atoms with Crippen molar-refractivity contribution in [2.75, 3.05) is 0 Å². The molecule has 0 spiro atoms. The lowest BCUT2D eigenvalue weighted by Crippen LogP contribution is -2.09. The van der Waals surface area contributed by atoms with E-state index in [4.69, 9.17) is 16.9 Å². The molecule has 0 radical (unpaired) electrons. The van der Waals surface area contributed by atoms with Crippen LogP contribution in [-0.2, 0) is 0 Å². The van der Waals surface area contributed by atoms with Crippen molar-refractivity contribution < 1.29 is 0 Å². The average molecular weight is 219 g/mol. The van der Waals surface area contributed by atoms with Crippen LogP contribution in [0.1, 0.15) is 11.1 Å². The van der Waals surface area contributed by atoms with Crippen LogP contribution < -0.4 is 5.56 Å². The van der Waals surface area contributed by atoms with Gasteiger partial charge in [-0.25, -0.2) is 0 Å². The molecule has 4 heteroatoms. The topological polar surface area (TPSA) is 56.6 Å². The quantitative estimate of drug-likeness (QED) is 0.738. The van der Waals surface area contributed by atoms with E-state index in [1.54, 1.807) is 12.1 Å². The Morgan fingerprint density at radius 3 is 2.80 bits per heavy atom. The smallest absolute Gasteiger partial charge is 0.266 e. The number of aromatic nitrogens is 1. The molecule has 74 valence electrons. The predicted octanol–water partition coefficient (Wildman–Crippen LogP) is 2.36. The molecular formula is C11H7ClN2O. The maximum atomic E-state index is 11.3. The molecule has 0 aliphatic carbocycles. The Bertz CT molecular complexity index is 637. The highest BCUT2D eigenvalue weighted by Crippen LogP contribution is 2.21. The zero-order valence-corrected chi connectivity index (χ0v) is 8.72. The number of fused-ring (bicyclic) bond motifs is 1. The fourth-order valence-corrected chi connectivity index (χ4v) is 1.59. The maximum absolute atomic E-state index is 11.3. The first-order valence-corrected chi connectivity index (χ1v) is 4.73. The molecule has 1 aromatic carbocycles. The van der Waals surface area contributed by atoms with Gasteiger partial charge in [-0.1, -0.05) is 11.6 Å². The third-order valence-corrected chi connectivity index (χ3v) is 2.65. The van der Waals surface area contributed by atoms with Gasteiger partial charge in [0.05, 0.1) is 0 Å². The second kappa shape index (κ2) is 3.41. The van der Waals surface area contributed by atoms with Gasteiger partial charge in [0.15, 0.2) is 0 Å². The monoisotopic (exact) mass is 218 g/mol. The number of benzene rings is 1. The largest absolute Gasteiger partial charge is 0.321 e. The lowest BCUT2D eigenvalue weighted by atomic mass is 10.1. The summed E-state index contributed by atoms with van der Waals surface area (Å²) in [4.78, 5) is 14.0. The summed E-state index contributed by atoms with van der Waals surface area (Å²) in [7, 11) is 0. The van der Waals surface area contributed by atoms with Gasteiger partial charge in [-0.3, -0.25) is 4.79 Å². The number of aromatic amines is 1. The van der Waals surface area contributed by atoms with Crippen molar-refractivity contribution in [3.05, 3.63) is 44.7 Å². The summed E-state index contributed by atoms with van der Waals surface area (Å²) in [5, 5.41) is 10.1. The van der Waals surface area contributed by atoms with Crippen LogP contribution in [0.3, 0.4) is 0 Å². The van der Waals surface area contributed by atoms with Gasteiger partial charge in [0, 0.05) is 10.5 Å². The van der Waals surface area contributed by atoms with Crippen molar-refractivity contribution in [3.8, 4) is 6.07 Å². The second-order valence-electron chi connectivity index (χ2n) is 3.31. The minimum absolute atomic E-state index is 0.115. The van der Waals surface area contributed by atoms with Crippen LogP contribution >= 0.6 is 11.6 Å². The summed E-state index contributed by atoms with van der Waals surface area (Å²) in [5.41, 5.74) is 1.30. The molecule has 0 amide bonds. The number of pyridine rings is 1. The minimum atomic E-state index is -0.384. The molecule has 3 nitrogen and oxygen atoms in total. The van der Waals surface area contributed by atoms with Crippen LogP contribution in [0, 0.1) is 18.3 Å². The Morgan fingerprint density at radius 2 is 2.13 bits per heavy atom. The first kappa shape index (κ1) is 9.75. The van der Waals surface area contributed by atoms with E-state index in [0.29, 0.717) is 10.5 Å². The molecule has 0 bridgehead atoms. The fraction of sp³-hybridized carbons (Fsp3) is 0.0909. The minimum Gasteiger partial charge on any atom is -0.321 e. The summed E-state index contributed by atoms with van der Waals surface area (Å²) in [6.45, 7) is 1.87. The molecule has 1 aromatic heterocycles. The van der Waals surface area contributed by atoms with Crippen molar-refractivity contribution in [3.63, 3.8) is 0 Å². The molecule has 0 aliphatic heterocycles. The molecule has 1 heterocycles. The molecule has 2 rings (SSSR count). The Hall–Kier alpha value is -1.79. The molecule has 0 fully saturated rings. The van der Waals surface area contributed by atoms with Gasteiger partial charge in [-0.05, 0) is 36.1 Å². The number of nitrogens with one attached hydrogen (secondary N) is 1. The zero-order chi connectivity index (χ0) is 11.0. The molecule has 0 unspecified atom stereocenters. The van der Waals surface area contributed by atoms with Crippen molar-refractivity contribution in [2.24, 2.45) is 0 Å². The van der Waals surface area contributed by atoms with Crippen LogP contribution in [0.2, 0.25) is 5.02 Å². The highest BCUT2D eigenvalue weighted by Gasteiger charge is 2.04. The first-order chi connectivity index (χ1) is 7.11. The summed E-state index contributed by atoms with van der Waals surface area (Å²) >= 11 is 5.93. The van der Waals surface area contributed by atoms with E-state index < -0.39 is 0 Å². The van der Waals surface area contributed by atoms with Gasteiger partial charge in [-0.2, -0.15) is 5.26 Å². The van der Waals surface area contributed by atoms with Crippen molar-refractivity contribution >= 4 is 22.5 Å². The van der Waals surface area contributed by atoms with Crippen LogP contribution in [0.5, 0.6) is 0 Å². The Morgan fingerprint density at radius 1 is 1.40 bits per heavy atom. The van der Waals surface area contributed by atoms with Gasteiger partial charge in [0.25, 0.3) is 5.56 Å². The summed E-state index contributed by atoms with van der Waals surface area (Å²) in [6.07, 6.45) is 0. The van der Waals surface area contributed by atoms with E-state index in [2.05, 4.69) is 4.98 Å². The van der Waals surface area contributed by atoms with Crippen molar-refractivity contribution in [1.29, 1.82) is 5.26 Å². The standard InChI is InChI=1S/C11H7ClN2O/c1-6-2-7-3-8(5-13)11(15)14-10(7)4-9(6)12/h2-4H,1H3,(H,14,15). The number of halogens is 1. The predicted molar refractivity (Wildman–Crippen MR) is 59.0 cm³/mol. The lowest BCUT2D eigenvalue weighted by Gasteiger charge is -2.02. The van der Waals surface area contributed by atoms with E-state index in [-0.39, 0.29) is 11.1 Å². The van der Waals surface area contributed by atoms with Gasteiger partial charge in [-0.15, -0.1) is 0 Å². The lowest BCUT2D eigenvalue weighted by molar-refractivity contribution is 1.27. The fourth-order valence-electron chi connectivity index (χ4n) is 1.43. The Labute approximate surface area is 90.9 Å². The van der Waals surface area contributed by atoms with E-state index in [9.17, 15) is 4.79 Å². The van der Waals surface area contributed by atoms with Crippen LogP contribution in [0.4, 0.5) is 0 Å². The number of nitrogens with zero attached hydrogens (tertiary/aromatic N) is 1. The first-order valence-electron chi connectivity index (χ1n) is 4.35. The zero-order valence-electron chi connectivity index (χ0n) is 7.97. The van der Waals surface area contributed by atoms with Gasteiger partial charge >= 0.3 is 0 Å². The highest BCUT2D eigenvalue weighted by molar-refractivity contribution is 6.32. The summed E-state index contributed by atoms with van der Waals surface area (Å²) < 4.78 is 0. The molecule has 0 atom stereocenters. The summed E-state index contributed by atoms with van der Waals surface area (Å²) in [6, 6.07) is 6.94. The van der Waals surface area contributed by atoms with Crippen molar-refractivity contribution in [2.45, 2.75) is 6.92 Å². The molecule has 1 N–H and O–H groups in total. The average Bonchev–Trinajstić information content (AvgIpc) is 2.20. The molecule has 2 aromatic rings. The third kappa shape index (κ3) is 1.60. The van der Waals surface area contributed by atoms with Crippen LogP contribution in [0.15, 0.2) is 23.0 Å². The number of hydrogen-bond donors (Lipinski definition) is 1. The Kier molecular flexibility index (Phi) is 2.22. The normalized spacial score (nSPS) is 10.2. The van der Waals surface area contributed by atoms with E-state index in [1.807, 2.05) is 19.1 Å². The van der Waals surface area contributed by atoms with Gasteiger partial charge in [0.2, 0.25) is 0 Å². The molecule has 0 saturated heterocycles. The molecule has 0 aliphatic rings. The second-order valence-corrected chi connectivity index (χ2v) is 3.72. The van der Waals surface area contributed by atoms with Crippen LogP contribution in [0.25, 0.3) is 10.9 Å². The Balaban J connectivity index is 2.90. The summed E-state index contributed by atoms with van der Waals surface area (Å²) in [5.74, 6) is 0. The van der Waals surface area contributed by atoms with E-state index in [0.717, 1.165) is 10.9 Å². The molecule has 15 heavy (non-hydrogen) atoms. The van der Waals surface area contributed by atoms with Gasteiger partial charge in [0.1, 0.15) is 11.6 Å². The van der Waals surface area contributed by atoms with Crippen molar-refractivity contribution in [1.82, 2.24) is 4.98 Å². The maximum Gasteiger partial charge on any atom is 0.266 e. The highest BCUT2D eigenvalue weighted by atomic mass is 35.5.